The largest absolute Gasteiger partial charge is 0.493 e. The van der Waals surface area contributed by atoms with Crippen molar-refractivity contribution in [2.45, 2.75) is 0 Å². The van der Waals surface area contributed by atoms with E-state index >= 15 is 0 Å². The first-order valence-corrected chi connectivity index (χ1v) is 9.79. The van der Waals surface area contributed by atoms with E-state index in [1.54, 1.807) is 25.3 Å². The number of carbonyl (C=O) groups excluding carboxylic acids is 1. The molecule has 1 heterocycles. The van der Waals surface area contributed by atoms with Gasteiger partial charge in [-0.1, -0.05) is 24.8 Å². The topological polar surface area (TPSA) is 57.1 Å². The predicted molar refractivity (Wildman–Crippen MR) is 116 cm³/mol. The summed E-state index contributed by atoms with van der Waals surface area (Å²) in [5.41, 5.74) is 1.69. The van der Waals surface area contributed by atoms with E-state index in [-0.39, 0.29) is 11.6 Å². The first-order valence-electron chi connectivity index (χ1n) is 7.92. The molecular formula is C20H15BrINO4. The summed E-state index contributed by atoms with van der Waals surface area (Å²) in [6, 6.07) is 11.1. The highest BCUT2D eigenvalue weighted by Crippen LogP contribution is 2.35. The van der Waals surface area contributed by atoms with Crippen LogP contribution in [0.5, 0.6) is 11.5 Å². The Morgan fingerprint density at radius 2 is 2.11 bits per heavy atom. The lowest BCUT2D eigenvalue weighted by Gasteiger charge is -2.12. The number of hydrogen-bond donors (Lipinski definition) is 0. The minimum atomic E-state index is -0.498. The summed E-state index contributed by atoms with van der Waals surface area (Å²) >= 11 is 5.60. The van der Waals surface area contributed by atoms with E-state index in [9.17, 15) is 4.79 Å². The van der Waals surface area contributed by atoms with Crippen molar-refractivity contribution < 1.29 is 19.0 Å². The minimum Gasteiger partial charge on any atom is -0.493 e. The number of hydrogen-bond acceptors (Lipinski definition) is 5. The Hall–Kier alpha value is -2.13. The maximum absolute atomic E-state index is 12.2. The molecule has 0 N–H and O–H groups in total. The highest BCUT2D eigenvalue weighted by Gasteiger charge is 2.25. The molecule has 1 aliphatic heterocycles. The zero-order chi connectivity index (χ0) is 19.4. The molecule has 138 valence electrons. The Labute approximate surface area is 179 Å². The molecule has 2 aromatic rings. The van der Waals surface area contributed by atoms with E-state index in [1.165, 1.54) is 0 Å². The fourth-order valence-corrected chi connectivity index (χ4v) is 3.66. The zero-order valence-electron chi connectivity index (χ0n) is 14.4. The lowest BCUT2D eigenvalue weighted by Crippen LogP contribution is -2.05. The third-order valence-corrected chi connectivity index (χ3v) is 5.12. The van der Waals surface area contributed by atoms with Gasteiger partial charge in [0.25, 0.3) is 0 Å². The number of benzene rings is 2. The van der Waals surface area contributed by atoms with Gasteiger partial charge in [-0.15, -0.1) is 0 Å². The molecule has 0 aromatic heterocycles. The molecule has 0 saturated carbocycles. The van der Waals surface area contributed by atoms with Crippen LogP contribution in [0.2, 0.25) is 0 Å². The van der Waals surface area contributed by atoms with Crippen LogP contribution in [0.3, 0.4) is 0 Å². The van der Waals surface area contributed by atoms with Crippen molar-refractivity contribution in [3.05, 3.63) is 73.9 Å². The van der Waals surface area contributed by atoms with Gasteiger partial charge in [0.1, 0.15) is 6.61 Å². The Balaban J connectivity index is 1.96. The number of cyclic esters (lactones) is 1. The van der Waals surface area contributed by atoms with Crippen molar-refractivity contribution in [3.8, 4) is 11.5 Å². The number of rotatable bonds is 6. The van der Waals surface area contributed by atoms with Crippen LogP contribution in [-0.4, -0.2) is 25.6 Å². The molecule has 1 aliphatic rings. The van der Waals surface area contributed by atoms with Gasteiger partial charge in [0.2, 0.25) is 5.90 Å². The average Bonchev–Trinajstić information content (AvgIpc) is 3.01. The second kappa shape index (κ2) is 8.71. The van der Waals surface area contributed by atoms with Gasteiger partial charge in [0, 0.05) is 4.47 Å². The molecule has 0 amide bonds. The third kappa shape index (κ3) is 4.41. The van der Waals surface area contributed by atoms with Crippen molar-refractivity contribution >= 4 is 56.5 Å². The molecular weight excluding hydrogens is 525 g/mol. The number of esters is 1. The SMILES string of the molecule is C=CCOc1c(I)cc(/C=C2\N=C(c3ccccc3Br)OC2=O)cc1OC. The highest BCUT2D eigenvalue weighted by atomic mass is 127. The van der Waals surface area contributed by atoms with Crippen LogP contribution in [0.25, 0.3) is 6.08 Å². The molecule has 0 saturated heterocycles. The average molecular weight is 540 g/mol. The molecule has 5 nitrogen and oxygen atoms in total. The lowest BCUT2D eigenvalue weighted by atomic mass is 10.1. The van der Waals surface area contributed by atoms with Gasteiger partial charge in [-0.3, -0.25) is 0 Å². The number of halogens is 2. The Morgan fingerprint density at radius 1 is 1.33 bits per heavy atom. The van der Waals surface area contributed by atoms with E-state index in [1.807, 2.05) is 30.3 Å². The van der Waals surface area contributed by atoms with Crippen LogP contribution in [0.1, 0.15) is 11.1 Å². The van der Waals surface area contributed by atoms with Crippen molar-refractivity contribution in [3.63, 3.8) is 0 Å². The fraction of sp³-hybridized carbons (Fsp3) is 0.100. The smallest absolute Gasteiger partial charge is 0.363 e. The van der Waals surface area contributed by atoms with Crippen LogP contribution < -0.4 is 9.47 Å². The minimum absolute atomic E-state index is 0.221. The molecule has 0 unspecified atom stereocenters. The van der Waals surface area contributed by atoms with Crippen molar-refractivity contribution in [2.75, 3.05) is 13.7 Å². The normalized spacial score (nSPS) is 14.7. The Bertz CT molecular complexity index is 968. The lowest BCUT2D eigenvalue weighted by molar-refractivity contribution is -0.129. The van der Waals surface area contributed by atoms with Gasteiger partial charge in [-0.25, -0.2) is 9.79 Å². The summed E-state index contributed by atoms with van der Waals surface area (Å²) in [5.74, 6) is 0.969. The second-order valence-electron chi connectivity index (χ2n) is 5.45. The number of aliphatic imine (C=N–C) groups is 1. The van der Waals surface area contributed by atoms with E-state index in [0.29, 0.717) is 18.1 Å². The van der Waals surface area contributed by atoms with Crippen LogP contribution in [-0.2, 0) is 9.53 Å². The van der Waals surface area contributed by atoms with Crippen LogP contribution in [0, 0.1) is 3.57 Å². The van der Waals surface area contributed by atoms with Crippen molar-refractivity contribution in [2.24, 2.45) is 4.99 Å². The standard InChI is InChI=1S/C20H15BrINO4/c1-3-8-26-18-15(22)9-12(11-17(18)25-2)10-16-20(24)27-19(23-16)13-6-4-5-7-14(13)21/h3-7,9-11H,1,8H2,2H3/b16-10-. The molecule has 0 fully saturated rings. The van der Waals surface area contributed by atoms with E-state index < -0.39 is 5.97 Å². The maximum Gasteiger partial charge on any atom is 0.363 e. The summed E-state index contributed by atoms with van der Waals surface area (Å²) in [6.07, 6.45) is 3.33. The fourth-order valence-electron chi connectivity index (χ4n) is 2.42. The molecule has 27 heavy (non-hydrogen) atoms. The van der Waals surface area contributed by atoms with Gasteiger partial charge in [-0.2, -0.15) is 0 Å². The Morgan fingerprint density at radius 3 is 2.81 bits per heavy atom. The maximum atomic E-state index is 12.2. The molecule has 0 atom stereocenters. The van der Waals surface area contributed by atoms with Crippen LogP contribution in [0.4, 0.5) is 0 Å². The summed E-state index contributed by atoms with van der Waals surface area (Å²) in [6.45, 7) is 4.02. The van der Waals surface area contributed by atoms with E-state index in [4.69, 9.17) is 14.2 Å². The summed E-state index contributed by atoms with van der Waals surface area (Å²) in [5, 5.41) is 0. The van der Waals surface area contributed by atoms with Gasteiger partial charge in [0.15, 0.2) is 17.2 Å². The molecule has 2 aromatic carbocycles. The van der Waals surface area contributed by atoms with Crippen LogP contribution in [0.15, 0.2) is 64.2 Å². The van der Waals surface area contributed by atoms with Crippen molar-refractivity contribution in [1.29, 1.82) is 0 Å². The molecule has 0 aliphatic carbocycles. The molecule has 0 radical (unpaired) electrons. The first-order chi connectivity index (χ1) is 13.0. The second-order valence-corrected chi connectivity index (χ2v) is 7.47. The van der Waals surface area contributed by atoms with Gasteiger partial charge < -0.3 is 14.2 Å². The van der Waals surface area contributed by atoms with E-state index in [2.05, 4.69) is 50.1 Å². The van der Waals surface area contributed by atoms with Crippen molar-refractivity contribution in [1.82, 2.24) is 0 Å². The highest BCUT2D eigenvalue weighted by molar-refractivity contribution is 14.1. The summed E-state index contributed by atoms with van der Waals surface area (Å²) < 4.78 is 18.0. The molecule has 3 rings (SSSR count). The molecule has 0 spiro atoms. The van der Waals surface area contributed by atoms with E-state index in [0.717, 1.165) is 19.2 Å². The Kier molecular flexibility index (Phi) is 6.33. The molecule has 0 bridgehead atoms. The number of carbonyl (C=O) groups is 1. The third-order valence-electron chi connectivity index (χ3n) is 3.63. The predicted octanol–water partition coefficient (Wildman–Crippen LogP) is 4.97. The van der Waals surface area contributed by atoms with Gasteiger partial charge in [-0.05, 0) is 74.4 Å². The number of ether oxygens (including phenoxy) is 3. The summed E-state index contributed by atoms with van der Waals surface area (Å²) in [4.78, 5) is 16.6. The zero-order valence-corrected chi connectivity index (χ0v) is 18.1. The van der Waals surface area contributed by atoms with Gasteiger partial charge in [0.05, 0.1) is 16.2 Å². The monoisotopic (exact) mass is 539 g/mol. The van der Waals surface area contributed by atoms with Gasteiger partial charge >= 0.3 is 5.97 Å². The van der Waals surface area contributed by atoms with Crippen LogP contribution >= 0.6 is 38.5 Å². The number of nitrogens with zero attached hydrogens (tertiary/aromatic N) is 1. The quantitative estimate of drug-likeness (QED) is 0.225. The first kappa shape index (κ1) is 19.6. The number of methoxy groups -OCH3 is 1. The molecule has 7 heteroatoms. The summed E-state index contributed by atoms with van der Waals surface area (Å²) in [7, 11) is 1.57.